The van der Waals surface area contributed by atoms with E-state index < -0.39 is 27.8 Å². The van der Waals surface area contributed by atoms with Crippen LogP contribution in [0.15, 0.2) is 18.2 Å². The first kappa shape index (κ1) is 20.6. The molecule has 0 radical (unpaired) electrons. The van der Waals surface area contributed by atoms with Crippen LogP contribution in [0.1, 0.15) is 63.4 Å². The summed E-state index contributed by atoms with van der Waals surface area (Å²) in [4.78, 5) is 35.4. The van der Waals surface area contributed by atoms with Crippen LogP contribution in [0.4, 0.5) is 5.69 Å². The highest BCUT2D eigenvalue weighted by atomic mass is 16.6. The number of carbonyl (C=O) groups is 2. The summed E-state index contributed by atoms with van der Waals surface area (Å²) in [5, 5.41) is 14.0. The number of rotatable bonds is 6. The fourth-order valence-electron chi connectivity index (χ4n) is 2.72. The molecule has 1 atom stereocenters. The van der Waals surface area contributed by atoms with Crippen LogP contribution < -0.4 is 5.32 Å². The van der Waals surface area contributed by atoms with Gasteiger partial charge in [-0.1, -0.05) is 40.2 Å². The predicted molar refractivity (Wildman–Crippen MR) is 94.6 cm³/mol. The van der Waals surface area contributed by atoms with E-state index in [2.05, 4.69) is 5.32 Å². The van der Waals surface area contributed by atoms with Gasteiger partial charge in [-0.2, -0.15) is 0 Å². The van der Waals surface area contributed by atoms with E-state index in [-0.39, 0.29) is 11.3 Å². The van der Waals surface area contributed by atoms with Crippen molar-refractivity contribution in [3.8, 4) is 0 Å². The topological polar surface area (TPSA) is 98.5 Å². The SMILES string of the molecule is CCCC(C)(NC(=O)c1ccc(C(C)(C)C)c([N+](=O)[O-])c1)C(=O)OC. The summed E-state index contributed by atoms with van der Waals surface area (Å²) in [7, 11) is 1.26. The highest BCUT2D eigenvalue weighted by molar-refractivity contribution is 5.98. The Kier molecular flexibility index (Phi) is 6.29. The number of nitrogens with zero attached hydrogens (tertiary/aromatic N) is 1. The van der Waals surface area contributed by atoms with Crippen molar-refractivity contribution in [3.05, 3.63) is 39.4 Å². The van der Waals surface area contributed by atoms with Crippen LogP contribution in [0.5, 0.6) is 0 Å². The van der Waals surface area contributed by atoms with Crippen LogP contribution in [0.3, 0.4) is 0 Å². The fourth-order valence-corrected chi connectivity index (χ4v) is 2.72. The summed E-state index contributed by atoms with van der Waals surface area (Å²) in [6.45, 7) is 9.06. The highest BCUT2D eigenvalue weighted by Crippen LogP contribution is 2.32. The molecule has 0 heterocycles. The van der Waals surface area contributed by atoms with E-state index >= 15 is 0 Å². The summed E-state index contributed by atoms with van der Waals surface area (Å²) in [5.41, 5.74) is -1.06. The summed E-state index contributed by atoms with van der Waals surface area (Å²) >= 11 is 0. The normalized spacial score (nSPS) is 13.7. The monoisotopic (exact) mass is 350 g/mol. The van der Waals surface area contributed by atoms with E-state index in [1.807, 2.05) is 27.7 Å². The summed E-state index contributed by atoms with van der Waals surface area (Å²) in [5.74, 6) is -1.10. The van der Waals surface area contributed by atoms with E-state index in [1.165, 1.54) is 19.2 Å². The Balaban J connectivity index is 3.24. The molecule has 1 N–H and O–H groups in total. The molecule has 0 saturated carbocycles. The zero-order chi connectivity index (χ0) is 19.4. The molecule has 0 spiro atoms. The zero-order valence-corrected chi connectivity index (χ0v) is 15.6. The third-order valence-corrected chi connectivity index (χ3v) is 4.04. The molecule has 1 unspecified atom stereocenters. The van der Waals surface area contributed by atoms with Crippen LogP contribution >= 0.6 is 0 Å². The molecule has 0 saturated heterocycles. The van der Waals surface area contributed by atoms with Crippen LogP contribution in [0.2, 0.25) is 0 Å². The van der Waals surface area contributed by atoms with E-state index in [1.54, 1.807) is 13.0 Å². The summed E-state index contributed by atoms with van der Waals surface area (Å²) < 4.78 is 4.77. The van der Waals surface area contributed by atoms with Crippen molar-refractivity contribution in [2.45, 2.75) is 58.4 Å². The molecule has 1 aromatic rings. The average Bonchev–Trinajstić information content (AvgIpc) is 2.52. The lowest BCUT2D eigenvalue weighted by Gasteiger charge is -2.27. The van der Waals surface area contributed by atoms with Gasteiger partial charge in [0.15, 0.2) is 0 Å². The summed E-state index contributed by atoms with van der Waals surface area (Å²) in [6.07, 6.45) is 1.06. The Bertz CT molecular complexity index is 679. The maximum atomic E-state index is 12.5. The Hall–Kier alpha value is -2.44. The largest absolute Gasteiger partial charge is 0.467 e. The second kappa shape index (κ2) is 7.63. The number of hydrogen-bond donors (Lipinski definition) is 1. The van der Waals surface area contributed by atoms with Crippen LogP contribution in [-0.4, -0.2) is 29.4 Å². The number of benzene rings is 1. The van der Waals surface area contributed by atoms with E-state index in [0.29, 0.717) is 18.4 Å². The van der Waals surface area contributed by atoms with Crippen molar-refractivity contribution < 1.29 is 19.2 Å². The number of ether oxygens (including phenoxy) is 1. The minimum Gasteiger partial charge on any atom is -0.467 e. The van der Waals surface area contributed by atoms with Gasteiger partial charge >= 0.3 is 5.97 Å². The van der Waals surface area contributed by atoms with Crippen molar-refractivity contribution in [2.24, 2.45) is 0 Å². The number of nitro benzene ring substituents is 1. The molecule has 138 valence electrons. The first-order chi connectivity index (χ1) is 11.5. The number of esters is 1. The highest BCUT2D eigenvalue weighted by Gasteiger charge is 2.36. The Morgan fingerprint density at radius 1 is 1.24 bits per heavy atom. The molecular weight excluding hydrogens is 324 g/mol. The quantitative estimate of drug-likeness (QED) is 0.482. The predicted octanol–water partition coefficient (Wildman–Crippen LogP) is 3.35. The zero-order valence-electron chi connectivity index (χ0n) is 15.6. The van der Waals surface area contributed by atoms with Crippen molar-refractivity contribution in [1.29, 1.82) is 0 Å². The molecule has 1 amide bonds. The van der Waals surface area contributed by atoms with Gasteiger partial charge in [0.2, 0.25) is 0 Å². The smallest absolute Gasteiger partial charge is 0.331 e. The second-order valence-corrected chi connectivity index (χ2v) is 7.27. The Morgan fingerprint density at radius 2 is 1.84 bits per heavy atom. The number of amides is 1. The van der Waals surface area contributed by atoms with Gasteiger partial charge in [-0.05, 0) is 24.8 Å². The van der Waals surface area contributed by atoms with Crippen LogP contribution in [0.25, 0.3) is 0 Å². The standard InChI is InChI=1S/C18H26N2O5/c1-7-10-18(5,16(22)25-6)19-15(21)12-8-9-13(17(2,3)4)14(11-12)20(23)24/h8-9,11H,7,10H2,1-6H3,(H,19,21). The summed E-state index contributed by atoms with van der Waals surface area (Å²) in [6, 6.07) is 4.37. The number of hydrogen-bond acceptors (Lipinski definition) is 5. The molecule has 0 aromatic heterocycles. The van der Waals surface area contributed by atoms with Gasteiger partial charge in [-0.3, -0.25) is 14.9 Å². The third kappa shape index (κ3) is 4.78. The van der Waals surface area contributed by atoms with Gasteiger partial charge in [0.25, 0.3) is 11.6 Å². The Morgan fingerprint density at radius 3 is 2.28 bits per heavy atom. The molecular formula is C18H26N2O5. The van der Waals surface area contributed by atoms with Crippen molar-refractivity contribution >= 4 is 17.6 Å². The van der Waals surface area contributed by atoms with E-state index in [0.717, 1.165) is 0 Å². The molecule has 7 nitrogen and oxygen atoms in total. The Labute approximate surface area is 147 Å². The first-order valence-corrected chi connectivity index (χ1v) is 8.16. The molecule has 0 aliphatic carbocycles. The van der Waals surface area contributed by atoms with Crippen LogP contribution in [0, 0.1) is 10.1 Å². The number of nitrogens with one attached hydrogen (secondary N) is 1. The third-order valence-electron chi connectivity index (χ3n) is 4.04. The van der Waals surface area contributed by atoms with E-state index in [4.69, 9.17) is 4.74 Å². The molecule has 7 heteroatoms. The molecule has 0 aliphatic rings. The van der Waals surface area contributed by atoms with Crippen molar-refractivity contribution in [3.63, 3.8) is 0 Å². The molecule has 0 fully saturated rings. The number of nitro groups is 1. The molecule has 0 aliphatic heterocycles. The van der Waals surface area contributed by atoms with Crippen molar-refractivity contribution in [1.82, 2.24) is 5.32 Å². The van der Waals surface area contributed by atoms with Gasteiger partial charge < -0.3 is 10.1 Å². The molecule has 0 bridgehead atoms. The minimum absolute atomic E-state index is 0.115. The number of carbonyl (C=O) groups excluding carboxylic acids is 2. The second-order valence-electron chi connectivity index (χ2n) is 7.27. The van der Waals surface area contributed by atoms with Crippen LogP contribution in [-0.2, 0) is 14.9 Å². The fraction of sp³-hybridized carbons (Fsp3) is 0.556. The van der Waals surface area contributed by atoms with Crippen molar-refractivity contribution in [2.75, 3.05) is 7.11 Å². The molecule has 1 aromatic carbocycles. The van der Waals surface area contributed by atoms with Gasteiger partial charge in [-0.15, -0.1) is 0 Å². The molecule has 25 heavy (non-hydrogen) atoms. The maximum absolute atomic E-state index is 12.5. The lowest BCUT2D eigenvalue weighted by atomic mass is 9.85. The van der Waals surface area contributed by atoms with Gasteiger partial charge in [0.05, 0.1) is 12.0 Å². The van der Waals surface area contributed by atoms with E-state index in [9.17, 15) is 19.7 Å². The number of methoxy groups -OCH3 is 1. The maximum Gasteiger partial charge on any atom is 0.331 e. The average molecular weight is 350 g/mol. The lowest BCUT2D eigenvalue weighted by molar-refractivity contribution is -0.386. The van der Waals surface area contributed by atoms with Gasteiger partial charge in [0.1, 0.15) is 5.54 Å². The lowest BCUT2D eigenvalue weighted by Crippen LogP contribution is -2.52. The minimum atomic E-state index is -1.18. The molecule has 1 rings (SSSR count). The van der Waals surface area contributed by atoms with Gasteiger partial charge in [0, 0.05) is 17.2 Å². The van der Waals surface area contributed by atoms with Gasteiger partial charge in [-0.25, -0.2) is 4.79 Å². The first-order valence-electron chi connectivity index (χ1n) is 8.16.